The standard InChI is InChI=1S/C15H20N4O5/c1-23-6-5-13-18-14(24-19-13)9-17-15(22)16-8-12(21)10-3-2-4-11(20)7-10/h2-4,7,12,20-21H,5-6,8-9H2,1H3,(H2,16,17,22)/t12-/m0/s1. The van der Waals surface area contributed by atoms with Gasteiger partial charge in [-0.15, -0.1) is 0 Å². The van der Waals surface area contributed by atoms with Crippen molar-refractivity contribution in [2.24, 2.45) is 0 Å². The number of methoxy groups -OCH3 is 1. The maximum Gasteiger partial charge on any atom is 0.315 e. The first-order chi connectivity index (χ1) is 11.6. The number of ether oxygens (including phenoxy) is 1. The number of aromatic nitrogens is 2. The largest absolute Gasteiger partial charge is 0.508 e. The second-order valence-electron chi connectivity index (χ2n) is 5.02. The van der Waals surface area contributed by atoms with Crippen molar-refractivity contribution in [3.63, 3.8) is 0 Å². The summed E-state index contributed by atoms with van der Waals surface area (Å²) in [6, 6.07) is 5.73. The molecular weight excluding hydrogens is 316 g/mol. The molecule has 2 amide bonds. The van der Waals surface area contributed by atoms with Gasteiger partial charge in [-0.1, -0.05) is 17.3 Å². The number of nitrogens with zero attached hydrogens (tertiary/aromatic N) is 2. The van der Waals surface area contributed by atoms with Crippen LogP contribution in [0.2, 0.25) is 0 Å². The molecule has 9 nitrogen and oxygen atoms in total. The maximum absolute atomic E-state index is 11.7. The van der Waals surface area contributed by atoms with E-state index in [2.05, 4.69) is 20.8 Å². The summed E-state index contributed by atoms with van der Waals surface area (Å²) in [7, 11) is 1.58. The zero-order valence-electron chi connectivity index (χ0n) is 13.2. The predicted octanol–water partition coefficient (Wildman–Crippen LogP) is 0.497. The van der Waals surface area contributed by atoms with Gasteiger partial charge in [-0.05, 0) is 17.7 Å². The molecule has 0 saturated carbocycles. The number of hydrogen-bond acceptors (Lipinski definition) is 7. The van der Waals surface area contributed by atoms with Crippen LogP contribution in [0.5, 0.6) is 5.75 Å². The van der Waals surface area contributed by atoms with E-state index in [-0.39, 0.29) is 24.7 Å². The van der Waals surface area contributed by atoms with E-state index in [0.717, 1.165) is 0 Å². The van der Waals surface area contributed by atoms with Crippen LogP contribution in [-0.2, 0) is 17.7 Å². The van der Waals surface area contributed by atoms with Gasteiger partial charge < -0.3 is 30.1 Å². The molecule has 2 aromatic rings. The number of hydrogen-bond donors (Lipinski definition) is 4. The van der Waals surface area contributed by atoms with Crippen molar-refractivity contribution in [3.8, 4) is 5.75 Å². The average molecular weight is 336 g/mol. The van der Waals surface area contributed by atoms with Crippen molar-refractivity contribution < 1.29 is 24.3 Å². The molecule has 0 saturated heterocycles. The lowest BCUT2D eigenvalue weighted by atomic mass is 10.1. The van der Waals surface area contributed by atoms with Gasteiger partial charge in [0.15, 0.2) is 5.82 Å². The average Bonchev–Trinajstić information content (AvgIpc) is 3.03. The summed E-state index contributed by atoms with van der Waals surface area (Å²) in [5.74, 6) is 0.842. The van der Waals surface area contributed by atoms with Gasteiger partial charge >= 0.3 is 6.03 Å². The van der Waals surface area contributed by atoms with Crippen LogP contribution in [0.4, 0.5) is 4.79 Å². The Balaban J connectivity index is 1.72. The third kappa shape index (κ3) is 5.52. The van der Waals surface area contributed by atoms with Crippen LogP contribution >= 0.6 is 0 Å². The minimum Gasteiger partial charge on any atom is -0.508 e. The summed E-state index contributed by atoms with van der Waals surface area (Å²) >= 11 is 0. The van der Waals surface area contributed by atoms with Crippen LogP contribution in [0.1, 0.15) is 23.4 Å². The molecule has 1 atom stereocenters. The number of aromatic hydroxyl groups is 1. The first-order valence-electron chi connectivity index (χ1n) is 7.37. The molecule has 0 aliphatic carbocycles. The fraction of sp³-hybridized carbons (Fsp3) is 0.400. The molecule has 24 heavy (non-hydrogen) atoms. The highest BCUT2D eigenvalue weighted by molar-refractivity contribution is 5.73. The number of carbonyl (C=O) groups is 1. The Kier molecular flexibility index (Phi) is 6.52. The van der Waals surface area contributed by atoms with Gasteiger partial charge in [0, 0.05) is 20.1 Å². The van der Waals surface area contributed by atoms with Gasteiger partial charge in [0.25, 0.3) is 0 Å². The zero-order chi connectivity index (χ0) is 17.4. The molecule has 0 spiro atoms. The van der Waals surface area contributed by atoms with E-state index in [1.165, 1.54) is 12.1 Å². The smallest absolute Gasteiger partial charge is 0.315 e. The van der Waals surface area contributed by atoms with E-state index >= 15 is 0 Å². The lowest BCUT2D eigenvalue weighted by molar-refractivity contribution is 0.172. The lowest BCUT2D eigenvalue weighted by Gasteiger charge is -2.12. The van der Waals surface area contributed by atoms with Gasteiger partial charge in [0.05, 0.1) is 19.3 Å². The van der Waals surface area contributed by atoms with Gasteiger partial charge in [-0.3, -0.25) is 0 Å². The molecule has 0 unspecified atom stereocenters. The number of carbonyl (C=O) groups excluding carboxylic acids is 1. The van der Waals surface area contributed by atoms with Crippen molar-refractivity contribution in [1.29, 1.82) is 0 Å². The van der Waals surface area contributed by atoms with Crippen molar-refractivity contribution in [2.45, 2.75) is 19.1 Å². The second-order valence-corrected chi connectivity index (χ2v) is 5.02. The van der Waals surface area contributed by atoms with E-state index < -0.39 is 12.1 Å². The SMILES string of the molecule is COCCc1noc(CNC(=O)NC[C@H](O)c2cccc(O)c2)n1. The lowest BCUT2D eigenvalue weighted by Crippen LogP contribution is -2.37. The first-order valence-corrected chi connectivity index (χ1v) is 7.37. The molecule has 0 aliphatic rings. The van der Waals surface area contributed by atoms with Crippen molar-refractivity contribution >= 4 is 6.03 Å². The number of rotatable bonds is 8. The number of urea groups is 1. The summed E-state index contributed by atoms with van der Waals surface area (Å²) in [5.41, 5.74) is 0.509. The van der Waals surface area contributed by atoms with Crippen LogP contribution < -0.4 is 10.6 Å². The van der Waals surface area contributed by atoms with Gasteiger partial charge in [-0.2, -0.15) is 4.98 Å². The Labute approximate surface area is 138 Å². The van der Waals surface area contributed by atoms with E-state index in [0.29, 0.717) is 24.4 Å². The third-order valence-corrected chi connectivity index (χ3v) is 3.15. The Morgan fingerprint density at radius 3 is 3.00 bits per heavy atom. The van der Waals surface area contributed by atoms with Crippen LogP contribution in [0.3, 0.4) is 0 Å². The summed E-state index contributed by atoms with van der Waals surface area (Å²) in [5, 5.41) is 28.1. The normalized spacial score (nSPS) is 11.9. The molecule has 130 valence electrons. The molecule has 9 heteroatoms. The van der Waals surface area contributed by atoms with Gasteiger partial charge in [0.1, 0.15) is 5.75 Å². The molecule has 0 aliphatic heterocycles. The summed E-state index contributed by atoms with van der Waals surface area (Å²) in [6.07, 6.45) is -0.394. The first kappa shape index (κ1) is 17.7. The predicted molar refractivity (Wildman–Crippen MR) is 83.2 cm³/mol. The number of phenolic OH excluding ortho intramolecular Hbond substituents is 1. The number of phenols is 1. The van der Waals surface area contributed by atoms with Crippen LogP contribution in [0, 0.1) is 0 Å². The molecule has 0 bridgehead atoms. The number of aliphatic hydroxyl groups is 1. The molecule has 1 aromatic carbocycles. The van der Waals surface area contributed by atoms with Crippen molar-refractivity contribution in [2.75, 3.05) is 20.3 Å². The fourth-order valence-corrected chi connectivity index (χ4v) is 1.91. The number of nitrogens with one attached hydrogen (secondary N) is 2. The Hall–Kier alpha value is -2.65. The molecule has 4 N–H and O–H groups in total. The number of amides is 2. The maximum atomic E-state index is 11.7. The van der Waals surface area contributed by atoms with Crippen LogP contribution in [0.15, 0.2) is 28.8 Å². The second kappa shape index (κ2) is 8.85. The Morgan fingerprint density at radius 1 is 1.42 bits per heavy atom. The van der Waals surface area contributed by atoms with Crippen LogP contribution in [-0.4, -0.2) is 46.6 Å². The number of benzene rings is 1. The van der Waals surface area contributed by atoms with Crippen LogP contribution in [0.25, 0.3) is 0 Å². The highest BCUT2D eigenvalue weighted by Crippen LogP contribution is 2.17. The van der Waals surface area contributed by atoms with E-state index in [9.17, 15) is 15.0 Å². The van der Waals surface area contributed by atoms with E-state index in [1.807, 2.05) is 0 Å². The van der Waals surface area contributed by atoms with E-state index in [4.69, 9.17) is 9.26 Å². The quantitative estimate of drug-likeness (QED) is 0.552. The highest BCUT2D eigenvalue weighted by Gasteiger charge is 2.11. The Bertz CT molecular complexity index is 661. The highest BCUT2D eigenvalue weighted by atomic mass is 16.5. The van der Waals surface area contributed by atoms with Gasteiger partial charge in [-0.25, -0.2) is 4.79 Å². The topological polar surface area (TPSA) is 130 Å². The summed E-state index contributed by atoms with van der Waals surface area (Å²) in [6.45, 7) is 0.562. The summed E-state index contributed by atoms with van der Waals surface area (Å²) in [4.78, 5) is 15.8. The summed E-state index contributed by atoms with van der Waals surface area (Å²) < 4.78 is 9.89. The molecule has 2 rings (SSSR count). The third-order valence-electron chi connectivity index (χ3n) is 3.15. The van der Waals surface area contributed by atoms with Crippen molar-refractivity contribution in [3.05, 3.63) is 41.5 Å². The van der Waals surface area contributed by atoms with Gasteiger partial charge in [0.2, 0.25) is 5.89 Å². The minimum absolute atomic E-state index is 0.00178. The monoisotopic (exact) mass is 336 g/mol. The minimum atomic E-state index is -0.924. The molecule has 0 radical (unpaired) electrons. The van der Waals surface area contributed by atoms with Crippen molar-refractivity contribution in [1.82, 2.24) is 20.8 Å². The number of aliphatic hydroxyl groups excluding tert-OH is 1. The Morgan fingerprint density at radius 2 is 2.25 bits per heavy atom. The molecular formula is C15H20N4O5. The molecule has 1 aromatic heterocycles. The molecule has 0 fully saturated rings. The van der Waals surface area contributed by atoms with E-state index in [1.54, 1.807) is 19.2 Å². The zero-order valence-corrected chi connectivity index (χ0v) is 13.2. The fourth-order valence-electron chi connectivity index (χ4n) is 1.91. The molecule has 1 heterocycles.